The quantitative estimate of drug-likeness (QED) is 0.0297. The summed E-state index contributed by atoms with van der Waals surface area (Å²) in [7, 11) is 3.36. The highest BCUT2D eigenvalue weighted by atomic mass is 35.5. The number of nitrogens with zero attached hydrogens (tertiary/aromatic N) is 12. The molecule has 112 heavy (non-hydrogen) atoms. The molecule has 12 aromatic heterocycles. The van der Waals surface area contributed by atoms with E-state index in [2.05, 4.69) is 118 Å². The van der Waals surface area contributed by atoms with Gasteiger partial charge in [0.05, 0.1) is 29.3 Å². The predicted octanol–water partition coefficient (Wildman–Crippen LogP) is 22.6. The van der Waals surface area contributed by atoms with Crippen LogP contribution in [0.1, 0.15) is 102 Å². The molecule has 0 aliphatic heterocycles. The lowest BCUT2D eigenvalue weighted by Gasteiger charge is -2.15. The van der Waals surface area contributed by atoms with Gasteiger partial charge in [-0.25, -0.2) is 24.9 Å². The number of aromatic nitrogens is 12. The highest BCUT2D eigenvalue weighted by Crippen LogP contribution is 2.39. The van der Waals surface area contributed by atoms with Crippen LogP contribution in [0.2, 0.25) is 20.2 Å². The van der Waals surface area contributed by atoms with Crippen molar-refractivity contribution in [2.24, 2.45) is 0 Å². The van der Waals surface area contributed by atoms with Crippen molar-refractivity contribution in [3.05, 3.63) is 256 Å². The molecule has 2 fully saturated rings. The average molecular weight is 1580 g/mol. The van der Waals surface area contributed by atoms with E-state index in [0.717, 1.165) is 157 Å². The third-order valence-electron chi connectivity index (χ3n) is 19.2. The first kappa shape index (κ1) is 77.2. The number of fused-ring (bicyclic) bond motifs is 5. The standard InChI is InChI=1S/C19H23N3O.C18H17Cl2N3.C18H15ClN4O.C17H17N3O.C15H17ClN4O/c1-3-4-6-13-20-19-18(15-9-11-16(23-2)12-10-15)21-17-8-5-7-14-22(17)19;19-14-9-4-3-8-13(14)17-18(21-12-6-1-2-7-12)23-15(20)10-5-11-16(23)22-17;1-12-9-15(22-24-12)17-18(20-10-13-5-3-2-4-6-13)23-11-14(19)7-8-16(23)21-17;1-21-14-9-5-12(6-10-14)16-17(18-13-7-8-13)20-11-3-2-4-15(20)19-16;1-3-4-7-17-15-14(12-8-10(2)21-19-12)18-13-6-5-11(16)9-20(13)15/h5,7-12,14,20H,3-4,6,13H2,1-2H3;3-5,8-12,21H,1-2,6-7H2;2-9,11,20H,10H2,1H3;2-6,9-11,13,18H,7-8H2,1H3;5-6,8-9,17H,3-4,7H2,1-2H3. The third-order valence-corrected chi connectivity index (χ3v) is 20.3. The maximum absolute atomic E-state index is 6.44. The van der Waals surface area contributed by atoms with Crippen molar-refractivity contribution in [1.29, 1.82) is 0 Å². The number of aryl methyl sites for hydroxylation is 2. The predicted molar refractivity (Wildman–Crippen MR) is 454 cm³/mol. The fourth-order valence-electron chi connectivity index (χ4n) is 13.3. The maximum atomic E-state index is 6.44. The first-order valence-electron chi connectivity index (χ1n) is 38.0. The summed E-state index contributed by atoms with van der Waals surface area (Å²) in [5.41, 5.74) is 14.4. The van der Waals surface area contributed by atoms with Crippen LogP contribution in [0.4, 0.5) is 29.1 Å². The summed E-state index contributed by atoms with van der Waals surface area (Å²) in [5, 5.41) is 28.5. The highest BCUT2D eigenvalue weighted by Gasteiger charge is 2.27. The molecule has 5 N–H and O–H groups in total. The Morgan fingerprint density at radius 2 is 0.902 bits per heavy atom. The SMILES string of the molecule is CCCCCNc1c(-c2ccc(OC)cc2)nc2ccccn12.CCCCNc1c(-c2cc(C)on2)nc2ccc(Cl)cn12.COc1ccc(-c2nc3ccccn3c2NC2CC2)cc1.Cc1cc(-c2nc3ccc(Cl)cn3c2NCc2ccccc2)no1.Clc1ccccc1-c1nc2cccc(Cl)n2c1NC1CCCC1. The van der Waals surface area contributed by atoms with E-state index in [1.807, 2.05) is 197 Å². The molecular formula is C87H89Cl4N17O4. The molecule has 25 heteroatoms. The molecule has 0 amide bonds. The van der Waals surface area contributed by atoms with Crippen LogP contribution >= 0.6 is 46.4 Å². The van der Waals surface area contributed by atoms with Crippen molar-refractivity contribution in [1.82, 2.24) is 57.2 Å². The Morgan fingerprint density at radius 3 is 1.45 bits per heavy atom. The second-order valence-corrected chi connectivity index (χ2v) is 29.1. The number of pyridine rings is 5. The van der Waals surface area contributed by atoms with Gasteiger partial charge in [0.25, 0.3) is 0 Å². The number of ether oxygens (including phenoxy) is 2. The van der Waals surface area contributed by atoms with Crippen LogP contribution in [-0.4, -0.2) is 96.6 Å². The largest absolute Gasteiger partial charge is 0.497 e. The van der Waals surface area contributed by atoms with Gasteiger partial charge in [0.1, 0.15) is 125 Å². The molecule has 0 spiro atoms. The molecule has 12 heterocycles. The van der Waals surface area contributed by atoms with Crippen molar-refractivity contribution in [2.75, 3.05) is 53.9 Å². The van der Waals surface area contributed by atoms with E-state index in [9.17, 15) is 0 Å². The molecule has 16 aromatic rings. The summed E-state index contributed by atoms with van der Waals surface area (Å²) in [6.07, 6.45) is 21.0. The van der Waals surface area contributed by atoms with Crippen LogP contribution in [0.15, 0.2) is 228 Å². The first-order chi connectivity index (χ1) is 54.8. The lowest BCUT2D eigenvalue weighted by Crippen LogP contribution is -2.16. The monoisotopic (exact) mass is 1580 g/mol. The van der Waals surface area contributed by atoms with Gasteiger partial charge in [0.15, 0.2) is 0 Å². The molecule has 2 aliphatic carbocycles. The molecule has 574 valence electrons. The number of methoxy groups -OCH3 is 2. The Bertz CT molecular complexity index is 5780. The molecule has 0 saturated heterocycles. The number of hydrogen-bond acceptors (Lipinski definition) is 16. The van der Waals surface area contributed by atoms with Crippen LogP contribution in [0.25, 0.3) is 84.8 Å². The molecule has 4 aromatic carbocycles. The number of rotatable bonds is 23. The fraction of sp³-hybridized carbons (Fsp3) is 0.253. The minimum atomic E-state index is 0.465. The third kappa shape index (κ3) is 18.4. The molecule has 0 bridgehead atoms. The van der Waals surface area contributed by atoms with Crippen LogP contribution in [0.5, 0.6) is 11.5 Å². The Hall–Kier alpha value is -11.5. The van der Waals surface area contributed by atoms with Crippen LogP contribution in [0, 0.1) is 13.8 Å². The van der Waals surface area contributed by atoms with E-state index >= 15 is 0 Å². The van der Waals surface area contributed by atoms with Gasteiger partial charge in [-0.2, -0.15) is 0 Å². The van der Waals surface area contributed by atoms with Crippen LogP contribution in [0.3, 0.4) is 0 Å². The summed E-state index contributed by atoms with van der Waals surface area (Å²) in [5.74, 6) is 8.03. The second kappa shape index (κ2) is 36.6. The number of anilines is 5. The molecule has 0 atom stereocenters. The van der Waals surface area contributed by atoms with Gasteiger partial charge < -0.3 is 45.1 Å². The molecule has 0 unspecified atom stereocenters. The van der Waals surface area contributed by atoms with E-state index in [-0.39, 0.29) is 0 Å². The van der Waals surface area contributed by atoms with Gasteiger partial charge in [-0.1, -0.05) is 169 Å². The highest BCUT2D eigenvalue weighted by molar-refractivity contribution is 6.33. The number of imidazole rings is 5. The van der Waals surface area contributed by atoms with E-state index in [4.69, 9.17) is 79.9 Å². The van der Waals surface area contributed by atoms with Gasteiger partial charge in [0, 0.05) is 85.3 Å². The summed E-state index contributed by atoms with van der Waals surface area (Å²) in [6, 6.07) is 64.2. The number of hydrogen-bond donors (Lipinski definition) is 5. The Balaban J connectivity index is 0.000000116. The molecule has 2 aliphatic rings. The number of halogens is 4. The first-order valence-corrected chi connectivity index (χ1v) is 39.5. The van der Waals surface area contributed by atoms with E-state index < -0.39 is 0 Å². The second-order valence-electron chi connectivity index (χ2n) is 27.5. The van der Waals surface area contributed by atoms with Crippen molar-refractivity contribution >= 4 is 104 Å². The normalized spacial score (nSPS) is 12.6. The van der Waals surface area contributed by atoms with Crippen LogP contribution < -0.4 is 36.1 Å². The zero-order valence-electron chi connectivity index (χ0n) is 63.4. The summed E-state index contributed by atoms with van der Waals surface area (Å²) < 4.78 is 30.9. The molecule has 21 nitrogen and oxygen atoms in total. The summed E-state index contributed by atoms with van der Waals surface area (Å²) in [6.45, 7) is 10.6. The van der Waals surface area contributed by atoms with Gasteiger partial charge in [-0.15, -0.1) is 0 Å². The summed E-state index contributed by atoms with van der Waals surface area (Å²) >= 11 is 25.1. The molecule has 0 radical (unpaired) electrons. The number of unbranched alkanes of at least 4 members (excludes halogenated alkanes) is 3. The minimum absolute atomic E-state index is 0.465. The van der Waals surface area contributed by atoms with Crippen molar-refractivity contribution in [2.45, 2.75) is 117 Å². The fourth-order valence-corrected chi connectivity index (χ4v) is 14.1. The number of nitrogens with one attached hydrogen (secondary N) is 5. The Kier molecular flexibility index (Phi) is 25.2. The van der Waals surface area contributed by atoms with E-state index in [1.165, 1.54) is 63.4 Å². The number of benzene rings is 4. The molecule has 2 saturated carbocycles. The van der Waals surface area contributed by atoms with Crippen molar-refractivity contribution in [3.63, 3.8) is 0 Å². The zero-order valence-corrected chi connectivity index (χ0v) is 66.4. The lowest BCUT2D eigenvalue weighted by atomic mass is 10.1. The van der Waals surface area contributed by atoms with Crippen molar-refractivity contribution < 1.29 is 18.5 Å². The van der Waals surface area contributed by atoms with Crippen molar-refractivity contribution in [3.8, 4) is 68.0 Å². The summed E-state index contributed by atoms with van der Waals surface area (Å²) in [4.78, 5) is 23.7. The topological polar surface area (TPSA) is 217 Å². The molecule has 18 rings (SSSR count). The van der Waals surface area contributed by atoms with Gasteiger partial charge in [-0.05, 0) is 173 Å². The lowest BCUT2D eigenvalue weighted by molar-refractivity contribution is 0.399. The Morgan fingerprint density at radius 1 is 0.429 bits per heavy atom. The van der Waals surface area contributed by atoms with Crippen LogP contribution in [-0.2, 0) is 6.54 Å². The Labute approximate surface area is 670 Å². The smallest absolute Gasteiger partial charge is 0.140 e. The zero-order chi connectivity index (χ0) is 77.5. The van der Waals surface area contributed by atoms with E-state index in [0.29, 0.717) is 44.5 Å². The maximum Gasteiger partial charge on any atom is 0.140 e. The van der Waals surface area contributed by atoms with Gasteiger partial charge in [0.2, 0.25) is 0 Å². The van der Waals surface area contributed by atoms with Gasteiger partial charge >= 0.3 is 0 Å². The van der Waals surface area contributed by atoms with E-state index in [1.54, 1.807) is 14.2 Å². The average Bonchev–Trinajstić information content (AvgIpc) is 1.64. The molecular weight excluding hydrogens is 1490 g/mol. The minimum Gasteiger partial charge on any atom is -0.497 e. The van der Waals surface area contributed by atoms with Gasteiger partial charge in [-0.3, -0.25) is 22.0 Å².